The summed E-state index contributed by atoms with van der Waals surface area (Å²) < 4.78 is 5.08. The fourth-order valence-corrected chi connectivity index (χ4v) is 2.16. The first-order valence-corrected chi connectivity index (χ1v) is 7.56. The molecule has 1 atom stereocenters. The molecule has 0 radical (unpaired) electrons. The van der Waals surface area contributed by atoms with Crippen LogP contribution in [0.5, 0.6) is 0 Å². The summed E-state index contributed by atoms with van der Waals surface area (Å²) in [6, 6.07) is 10.2. The third-order valence-electron chi connectivity index (χ3n) is 3.24. The highest BCUT2D eigenvalue weighted by Gasteiger charge is 2.20. The van der Waals surface area contributed by atoms with E-state index >= 15 is 0 Å². The first-order valence-electron chi connectivity index (χ1n) is 7.18. The third kappa shape index (κ3) is 4.71. The molecular weight excluding hydrogens is 348 g/mol. The minimum absolute atomic E-state index is 0.0478. The number of carbonyl (C=O) groups excluding carboxylic acids is 2. The Kier molecular flexibility index (Phi) is 5.61. The van der Waals surface area contributed by atoms with E-state index in [4.69, 9.17) is 27.2 Å². The summed E-state index contributed by atoms with van der Waals surface area (Å²) in [5.41, 5.74) is 6.28. The first-order chi connectivity index (χ1) is 11.8. The Morgan fingerprint density at radius 2 is 1.92 bits per heavy atom. The van der Waals surface area contributed by atoms with Crippen molar-refractivity contribution < 1.29 is 24.2 Å². The predicted molar refractivity (Wildman–Crippen MR) is 92.8 cm³/mol. The van der Waals surface area contributed by atoms with E-state index in [2.05, 4.69) is 5.32 Å². The van der Waals surface area contributed by atoms with Gasteiger partial charge in [0, 0.05) is 11.4 Å². The van der Waals surface area contributed by atoms with Crippen LogP contribution >= 0.6 is 11.6 Å². The lowest BCUT2D eigenvalue weighted by molar-refractivity contribution is -0.123. The molecule has 0 aromatic heterocycles. The van der Waals surface area contributed by atoms with Crippen molar-refractivity contribution in [2.24, 2.45) is 0 Å². The molecule has 1 unspecified atom stereocenters. The van der Waals surface area contributed by atoms with Crippen LogP contribution < -0.4 is 11.1 Å². The molecule has 8 heteroatoms. The Morgan fingerprint density at radius 1 is 1.20 bits per heavy atom. The minimum Gasteiger partial charge on any atom is -0.478 e. The van der Waals surface area contributed by atoms with Gasteiger partial charge in [-0.1, -0.05) is 17.7 Å². The molecule has 2 aromatic carbocycles. The number of rotatable bonds is 5. The van der Waals surface area contributed by atoms with Gasteiger partial charge in [0.1, 0.15) is 0 Å². The van der Waals surface area contributed by atoms with Crippen molar-refractivity contribution in [1.29, 1.82) is 0 Å². The summed E-state index contributed by atoms with van der Waals surface area (Å²) in [5, 5.41) is 11.5. The van der Waals surface area contributed by atoms with E-state index in [1.54, 1.807) is 12.1 Å². The van der Waals surface area contributed by atoms with E-state index < -0.39 is 23.9 Å². The summed E-state index contributed by atoms with van der Waals surface area (Å²) in [6.45, 7) is 1.40. The fourth-order valence-electron chi connectivity index (χ4n) is 1.96. The summed E-state index contributed by atoms with van der Waals surface area (Å²) in [6.07, 6.45) is -1.10. The second-order valence-electron chi connectivity index (χ2n) is 5.16. The topological polar surface area (TPSA) is 119 Å². The number of nitrogens with one attached hydrogen (secondary N) is 1. The largest absolute Gasteiger partial charge is 0.478 e. The van der Waals surface area contributed by atoms with Crippen LogP contribution in [0.1, 0.15) is 27.6 Å². The number of nitrogens with two attached hydrogens (primary N) is 1. The average molecular weight is 363 g/mol. The van der Waals surface area contributed by atoms with Crippen LogP contribution in [0.15, 0.2) is 42.5 Å². The smallest absolute Gasteiger partial charge is 0.338 e. The molecule has 130 valence electrons. The predicted octanol–water partition coefficient (Wildman–Crippen LogP) is 2.80. The van der Waals surface area contributed by atoms with Crippen molar-refractivity contribution in [1.82, 2.24) is 0 Å². The van der Waals surface area contributed by atoms with Crippen LogP contribution in [-0.2, 0) is 9.53 Å². The van der Waals surface area contributed by atoms with Crippen LogP contribution in [0, 0.1) is 0 Å². The Labute approximate surface area is 148 Å². The van der Waals surface area contributed by atoms with Gasteiger partial charge in [0.15, 0.2) is 6.10 Å². The van der Waals surface area contributed by atoms with Crippen LogP contribution in [-0.4, -0.2) is 29.1 Å². The van der Waals surface area contributed by atoms with E-state index in [1.165, 1.54) is 37.3 Å². The summed E-state index contributed by atoms with van der Waals surface area (Å²) in [4.78, 5) is 35.2. The molecule has 0 spiro atoms. The standard InChI is InChI=1S/C17H15ClN2O5/c1-9(25-17(24)10-3-2-4-11(19)7-10)15(21)20-12-5-6-14(18)13(8-12)16(22)23/h2-9H,19H2,1H3,(H,20,21)(H,22,23). The lowest BCUT2D eigenvalue weighted by atomic mass is 10.2. The molecule has 2 rings (SSSR count). The molecule has 1 amide bonds. The van der Waals surface area contributed by atoms with Crippen molar-refractivity contribution in [2.45, 2.75) is 13.0 Å². The maximum atomic E-state index is 12.1. The lowest BCUT2D eigenvalue weighted by Gasteiger charge is -2.14. The minimum atomic E-state index is -1.22. The van der Waals surface area contributed by atoms with E-state index in [0.29, 0.717) is 5.69 Å². The van der Waals surface area contributed by atoms with Crippen molar-refractivity contribution in [3.63, 3.8) is 0 Å². The van der Waals surface area contributed by atoms with E-state index in [0.717, 1.165) is 0 Å². The quantitative estimate of drug-likeness (QED) is 0.556. The van der Waals surface area contributed by atoms with Gasteiger partial charge in [0.25, 0.3) is 5.91 Å². The first kappa shape index (κ1) is 18.3. The highest BCUT2D eigenvalue weighted by atomic mass is 35.5. The SMILES string of the molecule is CC(OC(=O)c1cccc(N)c1)C(=O)Nc1ccc(Cl)c(C(=O)O)c1. The van der Waals surface area contributed by atoms with Crippen LogP contribution in [0.25, 0.3) is 0 Å². The second kappa shape index (κ2) is 7.67. The molecule has 25 heavy (non-hydrogen) atoms. The Morgan fingerprint density at radius 3 is 2.56 bits per heavy atom. The highest BCUT2D eigenvalue weighted by Crippen LogP contribution is 2.21. The van der Waals surface area contributed by atoms with Gasteiger partial charge in [-0.15, -0.1) is 0 Å². The molecule has 0 saturated carbocycles. The van der Waals surface area contributed by atoms with Crippen molar-refractivity contribution >= 4 is 40.8 Å². The van der Waals surface area contributed by atoms with E-state index in [-0.39, 0.29) is 21.8 Å². The van der Waals surface area contributed by atoms with Crippen LogP contribution in [0.3, 0.4) is 0 Å². The van der Waals surface area contributed by atoms with Gasteiger partial charge < -0.3 is 20.9 Å². The van der Waals surface area contributed by atoms with Crippen molar-refractivity contribution in [2.75, 3.05) is 11.1 Å². The Bertz CT molecular complexity index is 838. The van der Waals surface area contributed by atoms with Crippen molar-refractivity contribution in [3.8, 4) is 0 Å². The zero-order valence-electron chi connectivity index (χ0n) is 13.2. The molecule has 0 heterocycles. The molecule has 4 N–H and O–H groups in total. The normalized spacial score (nSPS) is 11.4. The number of esters is 1. The molecule has 2 aromatic rings. The molecule has 0 bridgehead atoms. The molecule has 0 saturated heterocycles. The molecule has 7 nitrogen and oxygen atoms in total. The lowest BCUT2D eigenvalue weighted by Crippen LogP contribution is -2.30. The number of benzene rings is 2. The maximum Gasteiger partial charge on any atom is 0.338 e. The average Bonchev–Trinajstić information content (AvgIpc) is 2.56. The maximum absolute atomic E-state index is 12.1. The van der Waals surface area contributed by atoms with Gasteiger partial charge in [0.2, 0.25) is 0 Å². The van der Waals surface area contributed by atoms with Gasteiger partial charge in [-0.3, -0.25) is 4.79 Å². The number of aromatic carboxylic acids is 1. The highest BCUT2D eigenvalue weighted by molar-refractivity contribution is 6.33. The number of carbonyl (C=O) groups is 3. The molecule has 0 aliphatic rings. The monoisotopic (exact) mass is 362 g/mol. The number of hydrogen-bond donors (Lipinski definition) is 3. The van der Waals surface area contributed by atoms with Gasteiger partial charge >= 0.3 is 11.9 Å². The number of hydrogen-bond acceptors (Lipinski definition) is 5. The second-order valence-corrected chi connectivity index (χ2v) is 5.57. The molecule has 0 aliphatic heterocycles. The van der Waals surface area contributed by atoms with Crippen molar-refractivity contribution in [3.05, 3.63) is 58.6 Å². The number of nitrogen functional groups attached to an aromatic ring is 1. The van der Waals surface area contributed by atoms with Crippen LogP contribution in [0.4, 0.5) is 11.4 Å². The Balaban J connectivity index is 2.04. The van der Waals surface area contributed by atoms with E-state index in [1.807, 2.05) is 0 Å². The summed E-state index contributed by atoms with van der Waals surface area (Å²) >= 11 is 5.77. The number of carboxylic acids is 1. The van der Waals surface area contributed by atoms with E-state index in [9.17, 15) is 14.4 Å². The fraction of sp³-hybridized carbons (Fsp3) is 0.118. The van der Waals surface area contributed by atoms with Gasteiger partial charge in [-0.05, 0) is 43.3 Å². The number of halogens is 1. The summed E-state index contributed by atoms with van der Waals surface area (Å²) in [7, 11) is 0. The molecule has 0 fully saturated rings. The number of amides is 1. The number of ether oxygens (including phenoxy) is 1. The summed E-state index contributed by atoms with van der Waals surface area (Å²) in [5.74, 6) is -2.53. The van der Waals surface area contributed by atoms with Gasteiger partial charge in [0.05, 0.1) is 16.1 Å². The van der Waals surface area contributed by atoms with Gasteiger partial charge in [-0.2, -0.15) is 0 Å². The Hall–Kier alpha value is -3.06. The zero-order valence-corrected chi connectivity index (χ0v) is 13.9. The molecule has 0 aliphatic carbocycles. The number of carboxylic acid groups (broad SMARTS) is 1. The zero-order chi connectivity index (χ0) is 18.6. The third-order valence-corrected chi connectivity index (χ3v) is 3.57. The number of anilines is 2. The molecular formula is C17H15ClN2O5. The van der Waals surface area contributed by atoms with Crippen LogP contribution in [0.2, 0.25) is 5.02 Å². The van der Waals surface area contributed by atoms with Gasteiger partial charge in [-0.25, -0.2) is 9.59 Å².